The molecule has 1 aromatic heterocycles. The van der Waals surface area contributed by atoms with Gasteiger partial charge >= 0.3 is 5.91 Å². The first kappa shape index (κ1) is 15.1. The molecule has 7 heteroatoms. The number of fused-ring (bicyclic) bond motifs is 1. The van der Waals surface area contributed by atoms with Gasteiger partial charge in [0.05, 0.1) is 17.5 Å². The Morgan fingerprint density at radius 3 is 2.59 bits per heavy atom. The fourth-order valence-corrected chi connectivity index (χ4v) is 4.53. The summed E-state index contributed by atoms with van der Waals surface area (Å²) >= 11 is 0. The summed E-state index contributed by atoms with van der Waals surface area (Å²) in [5.74, 6) is 0.0227. The van der Waals surface area contributed by atoms with Gasteiger partial charge in [0.25, 0.3) is 0 Å². The van der Waals surface area contributed by atoms with E-state index in [-0.39, 0.29) is 29.2 Å². The molecule has 2 aromatic rings. The van der Waals surface area contributed by atoms with Crippen molar-refractivity contribution in [2.75, 3.05) is 25.6 Å². The summed E-state index contributed by atoms with van der Waals surface area (Å²) in [5, 5.41) is 3.95. The predicted octanol–water partition coefficient (Wildman–Crippen LogP) is 1.54. The molecule has 0 N–H and O–H groups in total. The van der Waals surface area contributed by atoms with Gasteiger partial charge in [0.15, 0.2) is 15.6 Å². The molecule has 0 saturated carbocycles. The van der Waals surface area contributed by atoms with Gasteiger partial charge in [-0.15, -0.1) is 0 Å². The summed E-state index contributed by atoms with van der Waals surface area (Å²) in [7, 11) is 0.390. The number of carbonyl (C=O) groups is 1. The minimum atomic E-state index is -3.07. The van der Waals surface area contributed by atoms with Gasteiger partial charge in [-0.2, -0.15) is 0 Å². The summed E-state index contributed by atoms with van der Waals surface area (Å²) in [6.45, 7) is 0. The standard InChI is InChI=1S/C15H18N2O4S/c1-16(2)17(12-7-8-22(19,20)10-12)15(18)14-9-11-5-3-4-6-13(11)21-14/h3-6,9,12H,7-8,10H2,1-2H3. The van der Waals surface area contributed by atoms with Crippen LogP contribution in [0.25, 0.3) is 11.0 Å². The summed E-state index contributed by atoms with van der Waals surface area (Å²) in [6, 6.07) is 8.73. The molecule has 118 valence electrons. The van der Waals surface area contributed by atoms with E-state index < -0.39 is 9.84 Å². The summed E-state index contributed by atoms with van der Waals surface area (Å²) in [5.41, 5.74) is 0.642. The van der Waals surface area contributed by atoms with Crippen LogP contribution in [0.1, 0.15) is 17.0 Å². The number of hydrazine groups is 1. The van der Waals surface area contributed by atoms with Crippen LogP contribution < -0.4 is 0 Å². The molecule has 3 rings (SSSR count). The number of furan rings is 1. The molecule has 0 spiro atoms. The normalized spacial score (nSPS) is 20.6. The number of sulfone groups is 1. The first-order valence-corrected chi connectivity index (χ1v) is 8.89. The minimum absolute atomic E-state index is 0.00283. The number of carbonyl (C=O) groups excluding carboxylic acids is 1. The van der Waals surface area contributed by atoms with E-state index >= 15 is 0 Å². The Labute approximate surface area is 129 Å². The smallest absolute Gasteiger partial charge is 0.304 e. The van der Waals surface area contributed by atoms with Crippen molar-refractivity contribution in [3.63, 3.8) is 0 Å². The highest BCUT2D eigenvalue weighted by atomic mass is 32.2. The Morgan fingerprint density at radius 2 is 2.00 bits per heavy atom. The van der Waals surface area contributed by atoms with Gasteiger partial charge in [-0.3, -0.25) is 9.80 Å². The zero-order valence-electron chi connectivity index (χ0n) is 12.5. The number of para-hydroxylation sites is 1. The van der Waals surface area contributed by atoms with Crippen LogP contribution in [0.5, 0.6) is 0 Å². The molecular weight excluding hydrogens is 304 g/mol. The third-order valence-corrected chi connectivity index (χ3v) is 5.58. The Hall–Kier alpha value is -1.86. The average molecular weight is 322 g/mol. The molecule has 1 atom stereocenters. The van der Waals surface area contributed by atoms with Crippen LogP contribution in [0.4, 0.5) is 0 Å². The molecule has 1 saturated heterocycles. The summed E-state index contributed by atoms with van der Waals surface area (Å²) in [4.78, 5) is 12.7. The van der Waals surface area contributed by atoms with Crippen molar-refractivity contribution in [2.24, 2.45) is 0 Å². The highest BCUT2D eigenvalue weighted by Gasteiger charge is 2.37. The van der Waals surface area contributed by atoms with Crippen molar-refractivity contribution < 1.29 is 17.6 Å². The second-order valence-corrected chi connectivity index (χ2v) is 7.93. The molecule has 1 aliphatic rings. The van der Waals surface area contributed by atoms with E-state index in [2.05, 4.69) is 0 Å². The highest BCUT2D eigenvalue weighted by Crippen LogP contribution is 2.24. The zero-order chi connectivity index (χ0) is 15.9. The molecule has 0 radical (unpaired) electrons. The van der Waals surface area contributed by atoms with E-state index in [1.54, 1.807) is 31.2 Å². The highest BCUT2D eigenvalue weighted by molar-refractivity contribution is 7.91. The maximum atomic E-state index is 12.7. The van der Waals surface area contributed by atoms with Crippen molar-refractivity contribution in [3.8, 4) is 0 Å². The van der Waals surface area contributed by atoms with E-state index in [0.29, 0.717) is 12.0 Å². The van der Waals surface area contributed by atoms with Gasteiger partial charge in [0, 0.05) is 19.5 Å². The summed E-state index contributed by atoms with van der Waals surface area (Å²) < 4.78 is 29.0. The number of nitrogens with zero attached hydrogens (tertiary/aromatic N) is 2. The van der Waals surface area contributed by atoms with Crippen molar-refractivity contribution in [1.29, 1.82) is 0 Å². The number of hydrogen-bond donors (Lipinski definition) is 0. The maximum Gasteiger partial charge on any atom is 0.304 e. The van der Waals surface area contributed by atoms with E-state index in [4.69, 9.17) is 4.42 Å². The number of rotatable bonds is 3. The Bertz CT molecular complexity index is 777. The van der Waals surface area contributed by atoms with Crippen LogP contribution in [0.2, 0.25) is 0 Å². The van der Waals surface area contributed by atoms with Crippen molar-refractivity contribution in [1.82, 2.24) is 10.0 Å². The summed E-state index contributed by atoms with van der Waals surface area (Å²) in [6.07, 6.45) is 0.451. The first-order chi connectivity index (χ1) is 10.4. The molecule has 2 heterocycles. The van der Waals surface area contributed by atoms with Gasteiger partial charge in [-0.1, -0.05) is 18.2 Å². The van der Waals surface area contributed by atoms with E-state index in [1.165, 1.54) is 5.01 Å². The molecule has 1 amide bonds. The van der Waals surface area contributed by atoms with Crippen LogP contribution in [-0.2, 0) is 9.84 Å². The Balaban J connectivity index is 1.93. The molecule has 0 bridgehead atoms. The van der Waals surface area contributed by atoms with Crippen LogP contribution in [0.15, 0.2) is 34.7 Å². The molecule has 1 aliphatic heterocycles. The largest absolute Gasteiger partial charge is 0.451 e. The lowest BCUT2D eigenvalue weighted by atomic mass is 10.2. The third-order valence-electron chi connectivity index (χ3n) is 3.83. The van der Waals surface area contributed by atoms with E-state index in [1.807, 2.05) is 18.2 Å². The average Bonchev–Trinajstić information content (AvgIpc) is 3.01. The molecule has 0 aliphatic carbocycles. The second-order valence-electron chi connectivity index (χ2n) is 5.70. The predicted molar refractivity (Wildman–Crippen MR) is 83.1 cm³/mol. The number of benzene rings is 1. The maximum absolute atomic E-state index is 12.7. The fourth-order valence-electron chi connectivity index (χ4n) is 2.84. The molecule has 6 nitrogen and oxygen atoms in total. The Kier molecular flexibility index (Phi) is 3.70. The SMILES string of the molecule is CN(C)N(C(=O)c1cc2ccccc2o1)C1CCS(=O)(=O)C1. The van der Waals surface area contributed by atoms with Gasteiger partial charge in [0.2, 0.25) is 0 Å². The number of amides is 1. The first-order valence-electron chi connectivity index (χ1n) is 7.07. The van der Waals surface area contributed by atoms with Crippen LogP contribution >= 0.6 is 0 Å². The van der Waals surface area contributed by atoms with Crippen LogP contribution in [-0.4, -0.2) is 56.0 Å². The van der Waals surface area contributed by atoms with E-state index in [9.17, 15) is 13.2 Å². The van der Waals surface area contributed by atoms with Gasteiger partial charge in [0.1, 0.15) is 5.58 Å². The Morgan fingerprint density at radius 1 is 1.27 bits per heavy atom. The van der Waals surface area contributed by atoms with Gasteiger partial charge in [-0.25, -0.2) is 13.4 Å². The lowest BCUT2D eigenvalue weighted by Gasteiger charge is -2.32. The zero-order valence-corrected chi connectivity index (χ0v) is 13.3. The number of hydrogen-bond acceptors (Lipinski definition) is 5. The second kappa shape index (κ2) is 5.40. The van der Waals surface area contributed by atoms with Crippen molar-refractivity contribution in [3.05, 3.63) is 36.1 Å². The molecule has 1 unspecified atom stereocenters. The molecule has 1 fully saturated rings. The van der Waals surface area contributed by atoms with Crippen LogP contribution in [0, 0.1) is 0 Å². The van der Waals surface area contributed by atoms with Crippen molar-refractivity contribution in [2.45, 2.75) is 12.5 Å². The van der Waals surface area contributed by atoms with Crippen molar-refractivity contribution >= 4 is 26.7 Å². The van der Waals surface area contributed by atoms with Gasteiger partial charge < -0.3 is 4.42 Å². The molecule has 1 aromatic carbocycles. The molecular formula is C15H18N2O4S. The lowest BCUT2D eigenvalue weighted by molar-refractivity contribution is -0.00152. The molecule has 22 heavy (non-hydrogen) atoms. The quantitative estimate of drug-likeness (QED) is 0.802. The van der Waals surface area contributed by atoms with Gasteiger partial charge in [-0.05, 0) is 18.6 Å². The van der Waals surface area contributed by atoms with E-state index in [0.717, 1.165) is 5.39 Å². The fraction of sp³-hybridized carbons (Fsp3) is 0.400. The minimum Gasteiger partial charge on any atom is -0.451 e. The lowest BCUT2D eigenvalue weighted by Crippen LogP contribution is -2.49. The third kappa shape index (κ3) is 2.74. The van der Waals surface area contributed by atoms with Crippen LogP contribution in [0.3, 0.4) is 0 Å². The monoisotopic (exact) mass is 322 g/mol. The topological polar surface area (TPSA) is 70.8 Å².